The van der Waals surface area contributed by atoms with Gasteiger partial charge in [-0.25, -0.2) is 14.5 Å². The van der Waals surface area contributed by atoms with Gasteiger partial charge in [-0.2, -0.15) is 4.98 Å². The Morgan fingerprint density at radius 3 is 2.44 bits per heavy atom. The van der Waals surface area contributed by atoms with Crippen LogP contribution in [0.1, 0.15) is 12.8 Å². The predicted octanol–water partition coefficient (Wildman–Crippen LogP) is 4.64. The minimum atomic E-state index is -0.362. The molecule has 3 aromatic heterocycles. The van der Waals surface area contributed by atoms with Crippen molar-refractivity contribution in [3.05, 3.63) is 81.5 Å². The maximum Gasteiger partial charge on any atom is 0.270 e. The van der Waals surface area contributed by atoms with Gasteiger partial charge in [0.15, 0.2) is 5.65 Å². The number of aromatic nitrogens is 5. The number of piperidine rings is 1. The van der Waals surface area contributed by atoms with Crippen LogP contribution in [-0.2, 0) is 0 Å². The minimum absolute atomic E-state index is 0.309. The Morgan fingerprint density at radius 2 is 1.69 bits per heavy atom. The number of nitrogens with one attached hydrogen (secondary N) is 3. The maximum atomic E-state index is 13.5. The topological polar surface area (TPSA) is 101 Å². The van der Waals surface area contributed by atoms with Crippen molar-refractivity contribution in [2.75, 3.05) is 23.7 Å². The number of halogens is 2. The molecule has 1 aliphatic heterocycles. The zero-order valence-corrected chi connectivity index (χ0v) is 20.6. The lowest BCUT2D eigenvalue weighted by Gasteiger charge is -2.24. The summed E-state index contributed by atoms with van der Waals surface area (Å²) in [5, 5.41) is 11.2. The first-order valence-electron chi connectivity index (χ1n) is 11.6. The Balaban J connectivity index is 1.34. The van der Waals surface area contributed by atoms with Crippen LogP contribution in [0.25, 0.3) is 22.5 Å². The van der Waals surface area contributed by atoms with E-state index in [0.29, 0.717) is 44.5 Å². The fourth-order valence-electron chi connectivity index (χ4n) is 4.49. The molecule has 9 nitrogen and oxygen atoms in total. The highest BCUT2D eigenvalue weighted by molar-refractivity contribution is 6.37. The number of nitrogens with zero attached hydrogens (tertiary/aromatic N) is 5. The van der Waals surface area contributed by atoms with E-state index < -0.39 is 0 Å². The molecule has 0 bridgehead atoms. The number of fused-ring (bicyclic) bond motifs is 3. The lowest BCUT2D eigenvalue weighted by Crippen LogP contribution is -2.35. The number of anilines is 3. The summed E-state index contributed by atoms with van der Waals surface area (Å²) < 4.78 is 3.10. The van der Waals surface area contributed by atoms with E-state index >= 15 is 0 Å². The summed E-state index contributed by atoms with van der Waals surface area (Å²) in [7, 11) is 0. The van der Waals surface area contributed by atoms with Gasteiger partial charge in [-0.15, -0.1) is 0 Å². The van der Waals surface area contributed by atoms with Crippen LogP contribution in [0.5, 0.6) is 0 Å². The second kappa shape index (κ2) is 9.42. The van der Waals surface area contributed by atoms with E-state index in [-0.39, 0.29) is 5.56 Å². The first-order chi connectivity index (χ1) is 17.6. The number of hydrogen-bond acceptors (Lipinski definition) is 7. The molecule has 2 aromatic carbocycles. The van der Waals surface area contributed by atoms with Crippen LogP contribution in [0.2, 0.25) is 10.0 Å². The molecule has 182 valence electrons. The van der Waals surface area contributed by atoms with Crippen molar-refractivity contribution in [1.29, 1.82) is 0 Å². The molecule has 0 amide bonds. The van der Waals surface area contributed by atoms with Crippen LogP contribution in [0.15, 0.2) is 65.8 Å². The second-order valence-corrected chi connectivity index (χ2v) is 9.42. The van der Waals surface area contributed by atoms with Crippen molar-refractivity contribution < 1.29 is 0 Å². The molecule has 0 atom stereocenters. The Hall–Kier alpha value is -3.66. The fraction of sp³-hybridized carbons (Fsp3) is 0.200. The zero-order chi connectivity index (χ0) is 24.6. The molecule has 1 saturated heterocycles. The van der Waals surface area contributed by atoms with Crippen molar-refractivity contribution in [1.82, 2.24) is 29.2 Å². The average Bonchev–Trinajstić information content (AvgIpc) is 3.37. The highest BCUT2D eigenvalue weighted by Gasteiger charge is 2.19. The van der Waals surface area contributed by atoms with E-state index in [0.717, 1.165) is 37.3 Å². The third kappa shape index (κ3) is 4.15. The third-order valence-corrected chi connectivity index (χ3v) is 6.87. The molecule has 1 aliphatic rings. The highest BCUT2D eigenvalue weighted by atomic mass is 35.5. The summed E-state index contributed by atoms with van der Waals surface area (Å²) in [6, 6.07) is 13.6. The molecular weight excluding hydrogens is 499 g/mol. The van der Waals surface area contributed by atoms with E-state index in [4.69, 9.17) is 23.2 Å². The van der Waals surface area contributed by atoms with Gasteiger partial charge in [0.05, 0.1) is 15.7 Å². The second-order valence-electron chi connectivity index (χ2n) is 8.61. The quantitative estimate of drug-likeness (QED) is 0.310. The van der Waals surface area contributed by atoms with Gasteiger partial charge < -0.3 is 16.0 Å². The molecule has 0 spiro atoms. The molecule has 3 N–H and O–H groups in total. The minimum Gasteiger partial charge on any atom is -0.382 e. The lowest BCUT2D eigenvalue weighted by atomic mass is 10.1. The summed E-state index contributed by atoms with van der Waals surface area (Å²) in [6.07, 6.45) is 7.05. The molecular formula is C25H22Cl2N8O. The molecule has 4 heterocycles. The summed E-state index contributed by atoms with van der Waals surface area (Å²) in [6.45, 7) is 2.08. The number of rotatable bonds is 5. The van der Waals surface area contributed by atoms with Crippen LogP contribution >= 0.6 is 23.2 Å². The first kappa shape index (κ1) is 22.8. The average molecular weight is 521 g/mol. The molecule has 0 aliphatic carbocycles. The molecule has 1 fully saturated rings. The summed E-state index contributed by atoms with van der Waals surface area (Å²) >= 11 is 12.8. The van der Waals surface area contributed by atoms with Gasteiger partial charge in [-0.3, -0.25) is 9.20 Å². The van der Waals surface area contributed by atoms with Gasteiger partial charge in [0.1, 0.15) is 5.39 Å². The monoisotopic (exact) mass is 520 g/mol. The number of para-hydroxylation sites is 1. The van der Waals surface area contributed by atoms with Crippen molar-refractivity contribution in [2.45, 2.75) is 18.9 Å². The van der Waals surface area contributed by atoms with E-state index in [9.17, 15) is 4.79 Å². The van der Waals surface area contributed by atoms with Crippen LogP contribution in [-0.4, -0.2) is 43.1 Å². The Labute approximate surface area is 216 Å². The molecule has 0 unspecified atom stereocenters. The van der Waals surface area contributed by atoms with Gasteiger partial charge >= 0.3 is 0 Å². The van der Waals surface area contributed by atoms with Crippen molar-refractivity contribution >= 4 is 57.3 Å². The van der Waals surface area contributed by atoms with E-state index in [1.165, 1.54) is 10.8 Å². The molecule has 6 rings (SSSR count). The zero-order valence-electron chi connectivity index (χ0n) is 19.1. The number of benzene rings is 2. The van der Waals surface area contributed by atoms with Gasteiger partial charge in [-0.05, 0) is 62.3 Å². The van der Waals surface area contributed by atoms with Crippen molar-refractivity contribution in [3.63, 3.8) is 0 Å². The summed E-state index contributed by atoms with van der Waals surface area (Å²) in [5.41, 5.74) is 2.34. The molecule has 5 aromatic rings. The van der Waals surface area contributed by atoms with Gasteiger partial charge in [-0.1, -0.05) is 29.3 Å². The van der Waals surface area contributed by atoms with Crippen LogP contribution < -0.4 is 21.5 Å². The fourth-order valence-corrected chi connectivity index (χ4v) is 5.06. The van der Waals surface area contributed by atoms with Gasteiger partial charge in [0.25, 0.3) is 5.56 Å². The lowest BCUT2D eigenvalue weighted by molar-refractivity contribution is 0.479. The number of hydrogen-bond donors (Lipinski definition) is 3. The van der Waals surface area contributed by atoms with E-state index in [2.05, 4.69) is 30.9 Å². The Morgan fingerprint density at radius 1 is 0.972 bits per heavy atom. The maximum absolute atomic E-state index is 13.5. The highest BCUT2D eigenvalue weighted by Crippen LogP contribution is 2.29. The summed E-state index contributed by atoms with van der Waals surface area (Å²) in [4.78, 5) is 26.9. The molecule has 0 radical (unpaired) electrons. The molecule has 11 heteroatoms. The van der Waals surface area contributed by atoms with E-state index in [1.807, 2.05) is 24.3 Å². The smallest absolute Gasteiger partial charge is 0.270 e. The van der Waals surface area contributed by atoms with E-state index in [1.54, 1.807) is 35.0 Å². The summed E-state index contributed by atoms with van der Waals surface area (Å²) in [5.74, 6) is 0.713. The van der Waals surface area contributed by atoms with Crippen LogP contribution in [0, 0.1) is 0 Å². The molecule has 0 saturated carbocycles. The van der Waals surface area contributed by atoms with Crippen LogP contribution in [0.3, 0.4) is 0 Å². The SMILES string of the molecule is O=c1c2cnc(Nc3ccc(NC4CCNCC4)cc3)nc2n2ccnc2n1-c1c(Cl)cccc1Cl. The normalized spacial score (nSPS) is 14.4. The molecule has 36 heavy (non-hydrogen) atoms. The van der Waals surface area contributed by atoms with Crippen molar-refractivity contribution in [2.24, 2.45) is 0 Å². The third-order valence-electron chi connectivity index (χ3n) is 6.26. The predicted molar refractivity (Wildman–Crippen MR) is 143 cm³/mol. The largest absolute Gasteiger partial charge is 0.382 e. The van der Waals surface area contributed by atoms with Gasteiger partial charge in [0.2, 0.25) is 11.7 Å². The number of imidazole rings is 1. The first-order valence-corrected chi connectivity index (χ1v) is 12.4. The Bertz CT molecular complexity index is 1600. The standard InChI is InChI=1S/C25H22Cl2N8O/c26-19-2-1-3-20(27)21(19)35-23(36)18-14-30-24(33-22(18)34-13-12-29-25(34)35)32-16-6-4-15(5-7-16)31-17-8-10-28-11-9-17/h1-7,12-14,17,28,31H,8-11H2,(H,30,32,33). The van der Waals surface area contributed by atoms with Gasteiger partial charge in [0, 0.05) is 36.0 Å². The Kier molecular flexibility index (Phi) is 5.96. The van der Waals surface area contributed by atoms with Crippen LogP contribution in [0.4, 0.5) is 17.3 Å². The van der Waals surface area contributed by atoms with Crippen molar-refractivity contribution in [3.8, 4) is 5.69 Å².